The third-order valence-corrected chi connectivity index (χ3v) is 6.78. The second-order valence-corrected chi connectivity index (χ2v) is 9.60. The van der Waals surface area contributed by atoms with Crippen LogP contribution in [0.3, 0.4) is 0 Å². The lowest BCUT2D eigenvalue weighted by atomic mass is 10.0. The van der Waals surface area contributed by atoms with Crippen LogP contribution in [0.5, 0.6) is 5.75 Å². The van der Waals surface area contributed by atoms with Gasteiger partial charge in [0.15, 0.2) is 5.78 Å². The van der Waals surface area contributed by atoms with Crippen LogP contribution in [0, 0.1) is 12.7 Å². The van der Waals surface area contributed by atoms with E-state index >= 15 is 0 Å². The number of nitrogens with zero attached hydrogens (tertiary/aromatic N) is 2. The van der Waals surface area contributed by atoms with Crippen LogP contribution < -0.4 is 15.4 Å². The van der Waals surface area contributed by atoms with E-state index in [-0.39, 0.29) is 23.5 Å². The molecule has 2 heterocycles. The Bertz CT molecular complexity index is 1530. The number of benzene rings is 2. The summed E-state index contributed by atoms with van der Waals surface area (Å²) < 4.78 is 19.9. The Morgan fingerprint density at radius 1 is 1.21 bits per heavy atom. The van der Waals surface area contributed by atoms with Crippen LogP contribution in [0.2, 0.25) is 0 Å². The van der Waals surface area contributed by atoms with Crippen LogP contribution in [0.15, 0.2) is 77.6 Å². The molecule has 2 N–H and O–H groups in total. The van der Waals surface area contributed by atoms with E-state index in [1.165, 1.54) is 6.07 Å². The molecule has 1 aliphatic carbocycles. The van der Waals surface area contributed by atoms with E-state index in [1.54, 1.807) is 43.6 Å². The number of aromatic nitrogens is 1. The number of anilines is 1. The summed E-state index contributed by atoms with van der Waals surface area (Å²) in [5.74, 6) is 0.582. The van der Waals surface area contributed by atoms with Gasteiger partial charge in [0.25, 0.3) is 5.91 Å². The minimum Gasteiger partial charge on any atom is -0.492 e. The van der Waals surface area contributed by atoms with Gasteiger partial charge in [-0.15, -0.1) is 0 Å². The first kappa shape index (κ1) is 26.0. The fourth-order valence-corrected chi connectivity index (χ4v) is 4.59. The molecule has 7 nitrogen and oxygen atoms in total. The number of rotatable bonds is 9. The molecule has 0 fully saturated rings. The minimum atomic E-state index is -0.380. The summed E-state index contributed by atoms with van der Waals surface area (Å²) in [5.41, 5.74) is 5.25. The van der Waals surface area contributed by atoms with Crippen molar-refractivity contribution in [2.45, 2.75) is 32.7 Å². The van der Waals surface area contributed by atoms with Gasteiger partial charge in [-0.25, -0.2) is 9.37 Å². The molecule has 0 saturated heterocycles. The molecule has 0 bridgehead atoms. The highest BCUT2D eigenvalue weighted by Crippen LogP contribution is 2.33. The molecule has 0 unspecified atom stereocenters. The van der Waals surface area contributed by atoms with Crippen molar-refractivity contribution >= 4 is 29.3 Å². The number of ketones is 1. The highest BCUT2D eigenvalue weighted by Gasteiger charge is 2.25. The molecule has 198 valence electrons. The average Bonchev–Trinajstić information content (AvgIpc) is 3.55. The number of fused-ring (bicyclic) bond motifs is 1. The van der Waals surface area contributed by atoms with Crippen molar-refractivity contribution in [1.82, 2.24) is 10.3 Å². The molecule has 1 atom stereocenters. The third kappa shape index (κ3) is 5.95. The number of ether oxygens (including phenoxy) is 1. The molecule has 1 aromatic heterocycles. The van der Waals surface area contributed by atoms with E-state index in [0.717, 1.165) is 28.7 Å². The van der Waals surface area contributed by atoms with Crippen LogP contribution in [0.4, 0.5) is 10.2 Å². The number of aryl methyl sites for hydroxylation is 1. The summed E-state index contributed by atoms with van der Waals surface area (Å²) in [4.78, 5) is 33.9. The Balaban J connectivity index is 1.17. The van der Waals surface area contributed by atoms with Crippen molar-refractivity contribution in [3.05, 3.63) is 106 Å². The lowest BCUT2D eigenvalue weighted by Gasteiger charge is -2.17. The maximum Gasteiger partial charge on any atom is 0.255 e. The molecule has 0 spiro atoms. The molecule has 0 saturated carbocycles. The Morgan fingerprint density at radius 3 is 2.87 bits per heavy atom. The van der Waals surface area contributed by atoms with E-state index in [1.807, 2.05) is 37.4 Å². The lowest BCUT2D eigenvalue weighted by Crippen LogP contribution is -2.28. The Hall–Kier alpha value is -4.59. The van der Waals surface area contributed by atoms with E-state index < -0.39 is 0 Å². The Labute approximate surface area is 226 Å². The molecule has 5 rings (SSSR count). The number of hydrogen-bond acceptors (Lipinski definition) is 6. The van der Waals surface area contributed by atoms with Crippen molar-refractivity contribution in [1.29, 1.82) is 0 Å². The van der Waals surface area contributed by atoms with Crippen LogP contribution in [0.25, 0.3) is 5.57 Å². The molecule has 3 aromatic rings. The maximum atomic E-state index is 14.0. The summed E-state index contributed by atoms with van der Waals surface area (Å²) in [6, 6.07) is 13.6. The van der Waals surface area contributed by atoms with Gasteiger partial charge in [0.2, 0.25) is 0 Å². The first-order chi connectivity index (χ1) is 18.9. The van der Waals surface area contributed by atoms with E-state index in [9.17, 15) is 14.0 Å². The third-order valence-electron chi connectivity index (χ3n) is 6.78. The fraction of sp³-hybridized carbons (Fsp3) is 0.226. The second-order valence-electron chi connectivity index (χ2n) is 9.60. The van der Waals surface area contributed by atoms with Crippen LogP contribution in [-0.2, 0) is 11.2 Å². The Kier molecular flexibility index (Phi) is 7.63. The molecule has 1 aliphatic heterocycles. The molecule has 2 aliphatic rings. The van der Waals surface area contributed by atoms with Gasteiger partial charge in [-0.3, -0.25) is 14.6 Å². The lowest BCUT2D eigenvalue weighted by molar-refractivity contribution is -0.112. The molecule has 8 heteroatoms. The van der Waals surface area contributed by atoms with Crippen LogP contribution >= 0.6 is 0 Å². The monoisotopic (exact) mass is 524 g/mol. The van der Waals surface area contributed by atoms with E-state index in [4.69, 9.17) is 4.74 Å². The van der Waals surface area contributed by atoms with Crippen molar-refractivity contribution in [3.63, 3.8) is 0 Å². The largest absolute Gasteiger partial charge is 0.492 e. The molecular weight excluding hydrogens is 495 g/mol. The number of carbonyl (C=O) groups is 2. The van der Waals surface area contributed by atoms with Crippen molar-refractivity contribution in [3.8, 4) is 5.75 Å². The normalized spacial score (nSPS) is 15.7. The summed E-state index contributed by atoms with van der Waals surface area (Å²) in [5, 5.41) is 6.07. The number of carbonyl (C=O) groups excluding carboxylic acids is 2. The summed E-state index contributed by atoms with van der Waals surface area (Å²) in [6.45, 7) is 4.24. The highest BCUT2D eigenvalue weighted by molar-refractivity contribution is 6.26. The molecule has 2 aromatic carbocycles. The number of nitrogens with one attached hydrogen (secondary N) is 2. The summed E-state index contributed by atoms with van der Waals surface area (Å²) >= 11 is 0. The zero-order chi connectivity index (χ0) is 27.4. The summed E-state index contributed by atoms with van der Waals surface area (Å²) in [7, 11) is 0. The van der Waals surface area contributed by atoms with Crippen molar-refractivity contribution < 1.29 is 18.7 Å². The minimum absolute atomic E-state index is 0.0967. The number of hydrogen-bond donors (Lipinski definition) is 2. The van der Waals surface area contributed by atoms with Crippen molar-refractivity contribution in [2.24, 2.45) is 4.99 Å². The van der Waals surface area contributed by atoms with Crippen LogP contribution in [0.1, 0.15) is 52.0 Å². The predicted octanol–water partition coefficient (Wildman–Crippen LogP) is 5.38. The van der Waals surface area contributed by atoms with Crippen molar-refractivity contribution in [2.75, 3.05) is 18.5 Å². The van der Waals surface area contributed by atoms with Crippen LogP contribution in [-0.4, -0.2) is 36.0 Å². The number of amides is 1. The first-order valence-electron chi connectivity index (χ1n) is 12.9. The van der Waals surface area contributed by atoms with Gasteiger partial charge in [-0.05, 0) is 78.1 Å². The number of halogens is 1. The number of allylic oxidation sites excluding steroid dienone is 3. The van der Waals surface area contributed by atoms with Gasteiger partial charge in [0.1, 0.15) is 24.0 Å². The van der Waals surface area contributed by atoms with Gasteiger partial charge >= 0.3 is 0 Å². The summed E-state index contributed by atoms with van der Waals surface area (Å²) in [6.07, 6.45) is 8.23. The van der Waals surface area contributed by atoms with Gasteiger partial charge in [0.05, 0.1) is 18.2 Å². The number of pyridine rings is 1. The van der Waals surface area contributed by atoms with Gasteiger partial charge in [-0.2, -0.15) is 0 Å². The molecule has 0 radical (unpaired) electrons. The smallest absolute Gasteiger partial charge is 0.255 e. The standard InChI is InChI=1S/C31H29FN4O3/c1-19-5-6-22(16-28(19)32)20(2)36-31(38)26-4-3-10-34-30(26)35-12-13-39-24-7-8-25-23(15-24)17-29(37)27(25)14-21-9-11-33-18-21/h3-8,10-11,14-16,18,20H,9,12-13,17H2,1-2H3,(H,34,35)(H,36,38)/b27-14-/t20-/m0/s1. The highest BCUT2D eigenvalue weighted by atomic mass is 19.1. The molecular formula is C31H29FN4O3. The Morgan fingerprint density at radius 2 is 2.08 bits per heavy atom. The maximum absolute atomic E-state index is 14.0. The second kappa shape index (κ2) is 11.4. The van der Waals surface area contributed by atoms with E-state index in [2.05, 4.69) is 20.6 Å². The van der Waals surface area contributed by atoms with Gasteiger partial charge < -0.3 is 15.4 Å². The average molecular weight is 525 g/mol. The van der Waals surface area contributed by atoms with Gasteiger partial charge in [0, 0.05) is 37.0 Å². The topological polar surface area (TPSA) is 92.7 Å². The first-order valence-corrected chi connectivity index (χ1v) is 12.9. The quantitative estimate of drug-likeness (QED) is 0.290. The molecule has 1 amide bonds. The number of Topliss-reactive ketones (excluding diaryl/α,β-unsaturated/α-hetero) is 1. The van der Waals surface area contributed by atoms with E-state index in [0.29, 0.717) is 47.8 Å². The zero-order valence-corrected chi connectivity index (χ0v) is 21.8. The molecule has 39 heavy (non-hydrogen) atoms. The number of aliphatic imine (C=N–C) groups is 1. The zero-order valence-electron chi connectivity index (χ0n) is 21.8. The SMILES string of the molecule is Cc1ccc([C@H](C)NC(=O)c2cccnc2NCCOc2ccc3c(c2)CC(=O)/C3=C\C2=CN=CC2)cc1F. The van der Waals surface area contributed by atoms with Gasteiger partial charge in [-0.1, -0.05) is 18.2 Å². The fourth-order valence-electron chi connectivity index (χ4n) is 4.59. The predicted molar refractivity (Wildman–Crippen MR) is 150 cm³/mol.